The highest BCUT2D eigenvalue weighted by molar-refractivity contribution is 5.98. The van der Waals surface area contributed by atoms with Gasteiger partial charge in [0.05, 0.1) is 31.5 Å². The second-order valence-electron chi connectivity index (χ2n) is 6.53. The molecule has 8 nitrogen and oxygen atoms in total. The minimum absolute atomic E-state index is 0.00307. The van der Waals surface area contributed by atoms with Crippen LogP contribution in [-0.4, -0.2) is 52.6 Å². The smallest absolute Gasteiger partial charge is 0.256 e. The van der Waals surface area contributed by atoms with E-state index in [9.17, 15) is 9.59 Å². The maximum absolute atomic E-state index is 12.7. The normalized spacial score (nSPS) is 18.4. The number of rotatable bonds is 6. The van der Waals surface area contributed by atoms with Crippen LogP contribution in [0.4, 0.5) is 0 Å². The van der Waals surface area contributed by atoms with E-state index >= 15 is 0 Å². The van der Waals surface area contributed by atoms with E-state index < -0.39 is 18.6 Å². The Morgan fingerprint density at radius 2 is 2.24 bits per heavy atom. The van der Waals surface area contributed by atoms with Crippen molar-refractivity contribution in [2.75, 3.05) is 13.7 Å². The molecule has 136 valence electrons. The summed E-state index contributed by atoms with van der Waals surface area (Å²) >= 11 is 0. The van der Waals surface area contributed by atoms with Gasteiger partial charge in [0.1, 0.15) is 6.04 Å². The number of carbonyl (C=O) groups excluding carboxylic acids is 2. The zero-order valence-electron chi connectivity index (χ0n) is 14.3. The third-order valence-corrected chi connectivity index (χ3v) is 4.90. The fourth-order valence-corrected chi connectivity index (χ4v) is 3.48. The molecule has 1 fully saturated rings. The first-order valence-electron chi connectivity index (χ1n) is 8.57. The van der Waals surface area contributed by atoms with E-state index in [0.717, 1.165) is 31.4 Å². The monoisotopic (exact) mass is 348 g/mol. The molecule has 2 amide bonds. The van der Waals surface area contributed by atoms with Crippen LogP contribution >= 0.6 is 0 Å². The van der Waals surface area contributed by atoms with Gasteiger partial charge < -0.3 is 25.8 Å². The molecule has 0 unspecified atom stereocenters. The lowest BCUT2D eigenvalue weighted by Crippen LogP contribution is -2.42. The largest absolute Gasteiger partial charge is 0.481 e. The van der Waals surface area contributed by atoms with E-state index in [1.165, 1.54) is 7.11 Å². The van der Waals surface area contributed by atoms with Crippen molar-refractivity contribution in [3.8, 4) is 5.88 Å². The number of fused-ring (bicyclic) bond motifs is 1. The standard InChI is InChI=1S/C17H24N4O4/c1-25-16-10(7-19-15(23)13(18)9-22)6-12-14(20-16)8-21(17(12)24)11-4-2-3-5-11/h6,11,13,22H,2-5,7-9,18H2,1H3,(H,19,23)/t13-/m0/s1. The quantitative estimate of drug-likeness (QED) is 0.662. The lowest BCUT2D eigenvalue weighted by atomic mass is 10.1. The molecule has 0 radical (unpaired) electrons. The molecular formula is C17H24N4O4. The molecule has 8 heteroatoms. The summed E-state index contributed by atoms with van der Waals surface area (Å²) in [6.07, 6.45) is 4.39. The van der Waals surface area contributed by atoms with Crippen LogP contribution in [0.3, 0.4) is 0 Å². The molecule has 1 saturated carbocycles. The Bertz CT molecular complexity index is 673. The molecule has 1 aliphatic carbocycles. The van der Waals surface area contributed by atoms with Crippen molar-refractivity contribution in [2.45, 2.75) is 50.9 Å². The minimum Gasteiger partial charge on any atom is -0.481 e. The number of aromatic nitrogens is 1. The van der Waals surface area contributed by atoms with Crippen LogP contribution in [0.1, 0.15) is 47.3 Å². The molecule has 2 aliphatic rings. The topological polar surface area (TPSA) is 118 Å². The summed E-state index contributed by atoms with van der Waals surface area (Å²) in [5.41, 5.74) is 7.39. The van der Waals surface area contributed by atoms with E-state index in [1.54, 1.807) is 6.07 Å². The number of aliphatic hydroxyl groups is 1. The van der Waals surface area contributed by atoms with Crippen LogP contribution < -0.4 is 15.8 Å². The molecule has 3 rings (SSSR count). The fourth-order valence-electron chi connectivity index (χ4n) is 3.48. The van der Waals surface area contributed by atoms with Gasteiger partial charge in [-0.2, -0.15) is 0 Å². The van der Waals surface area contributed by atoms with Crippen molar-refractivity contribution in [1.82, 2.24) is 15.2 Å². The molecule has 1 atom stereocenters. The van der Waals surface area contributed by atoms with Crippen LogP contribution in [0, 0.1) is 0 Å². The first-order chi connectivity index (χ1) is 12.0. The second-order valence-corrected chi connectivity index (χ2v) is 6.53. The van der Waals surface area contributed by atoms with Gasteiger partial charge in [-0.1, -0.05) is 12.8 Å². The van der Waals surface area contributed by atoms with Gasteiger partial charge in [-0.05, 0) is 18.9 Å². The average Bonchev–Trinajstić information content (AvgIpc) is 3.26. The summed E-state index contributed by atoms with van der Waals surface area (Å²) in [6.45, 7) is 0.212. The van der Waals surface area contributed by atoms with Gasteiger partial charge in [0.25, 0.3) is 5.91 Å². The Morgan fingerprint density at radius 3 is 2.88 bits per heavy atom. The maximum Gasteiger partial charge on any atom is 0.256 e. The zero-order chi connectivity index (χ0) is 18.0. The van der Waals surface area contributed by atoms with Gasteiger partial charge in [0.15, 0.2) is 0 Å². The van der Waals surface area contributed by atoms with E-state index in [-0.39, 0.29) is 12.5 Å². The number of ether oxygens (including phenoxy) is 1. The number of carbonyl (C=O) groups is 2. The second kappa shape index (κ2) is 7.37. The summed E-state index contributed by atoms with van der Waals surface area (Å²) in [5, 5.41) is 11.6. The van der Waals surface area contributed by atoms with E-state index in [4.69, 9.17) is 15.6 Å². The molecule has 0 spiro atoms. The number of hydrogen-bond donors (Lipinski definition) is 3. The Labute approximate surface area is 146 Å². The third-order valence-electron chi connectivity index (χ3n) is 4.90. The molecular weight excluding hydrogens is 324 g/mol. The van der Waals surface area contributed by atoms with E-state index in [0.29, 0.717) is 29.6 Å². The summed E-state index contributed by atoms with van der Waals surface area (Å²) in [7, 11) is 1.50. The van der Waals surface area contributed by atoms with Crippen LogP contribution in [0.25, 0.3) is 0 Å². The lowest BCUT2D eigenvalue weighted by Gasteiger charge is -2.22. The molecule has 1 aromatic rings. The van der Waals surface area contributed by atoms with Crippen LogP contribution in [0.5, 0.6) is 5.88 Å². The Kier molecular flexibility index (Phi) is 5.19. The molecule has 2 heterocycles. The minimum atomic E-state index is -0.979. The number of methoxy groups -OCH3 is 1. The van der Waals surface area contributed by atoms with Crippen molar-refractivity contribution in [3.63, 3.8) is 0 Å². The van der Waals surface area contributed by atoms with Gasteiger partial charge in [0, 0.05) is 18.2 Å². The van der Waals surface area contributed by atoms with Crippen LogP contribution in [0.2, 0.25) is 0 Å². The van der Waals surface area contributed by atoms with Gasteiger partial charge in [0.2, 0.25) is 11.8 Å². The summed E-state index contributed by atoms with van der Waals surface area (Å²) in [4.78, 5) is 30.8. The fraction of sp³-hybridized carbons (Fsp3) is 0.588. The Hall–Kier alpha value is -2.19. The molecule has 4 N–H and O–H groups in total. The number of hydrogen-bond acceptors (Lipinski definition) is 6. The van der Waals surface area contributed by atoms with Gasteiger partial charge in [-0.15, -0.1) is 0 Å². The third kappa shape index (κ3) is 3.45. The summed E-state index contributed by atoms with van der Waals surface area (Å²) in [5.74, 6) is -0.0849. The predicted molar refractivity (Wildman–Crippen MR) is 89.8 cm³/mol. The van der Waals surface area contributed by atoms with Crippen LogP contribution in [0.15, 0.2) is 6.07 Å². The average molecular weight is 348 g/mol. The first kappa shape index (κ1) is 17.6. The van der Waals surface area contributed by atoms with Crippen molar-refractivity contribution in [1.29, 1.82) is 0 Å². The highest BCUT2D eigenvalue weighted by Gasteiger charge is 2.35. The first-order valence-corrected chi connectivity index (χ1v) is 8.57. The van der Waals surface area contributed by atoms with Crippen molar-refractivity contribution in [2.24, 2.45) is 5.73 Å². The number of nitrogens with two attached hydrogens (primary N) is 1. The van der Waals surface area contributed by atoms with E-state index in [2.05, 4.69) is 10.3 Å². The highest BCUT2D eigenvalue weighted by atomic mass is 16.5. The Morgan fingerprint density at radius 1 is 1.52 bits per heavy atom. The molecule has 0 aromatic carbocycles. The summed E-state index contributed by atoms with van der Waals surface area (Å²) < 4.78 is 5.31. The van der Waals surface area contributed by atoms with Crippen molar-refractivity contribution in [3.05, 3.63) is 22.9 Å². The van der Waals surface area contributed by atoms with Gasteiger partial charge >= 0.3 is 0 Å². The summed E-state index contributed by atoms with van der Waals surface area (Å²) in [6, 6.07) is 1.05. The van der Waals surface area contributed by atoms with E-state index in [1.807, 2.05) is 4.90 Å². The number of pyridine rings is 1. The zero-order valence-corrected chi connectivity index (χ0v) is 14.3. The number of nitrogens with one attached hydrogen (secondary N) is 1. The SMILES string of the molecule is COc1nc2c(cc1CNC(=O)[C@@H](N)CO)C(=O)N(C1CCCC1)C2. The van der Waals surface area contributed by atoms with Crippen molar-refractivity contribution >= 4 is 11.8 Å². The molecule has 1 aromatic heterocycles. The van der Waals surface area contributed by atoms with Crippen LogP contribution in [-0.2, 0) is 17.9 Å². The maximum atomic E-state index is 12.7. The van der Waals surface area contributed by atoms with Gasteiger partial charge in [-0.25, -0.2) is 4.98 Å². The van der Waals surface area contributed by atoms with Crippen molar-refractivity contribution < 1.29 is 19.4 Å². The Balaban J connectivity index is 1.78. The number of aliphatic hydroxyl groups excluding tert-OH is 1. The molecule has 0 bridgehead atoms. The molecule has 0 saturated heterocycles. The number of nitrogens with zero attached hydrogens (tertiary/aromatic N) is 2. The molecule has 25 heavy (non-hydrogen) atoms. The highest BCUT2D eigenvalue weighted by Crippen LogP contribution is 2.33. The lowest BCUT2D eigenvalue weighted by molar-refractivity contribution is -0.123. The molecule has 1 aliphatic heterocycles. The van der Waals surface area contributed by atoms with Gasteiger partial charge in [-0.3, -0.25) is 9.59 Å². The predicted octanol–water partition coefficient (Wildman–Crippen LogP) is -0.0756. The number of amides is 2.